The van der Waals surface area contributed by atoms with Crippen LogP contribution in [0, 0.1) is 5.92 Å². The highest BCUT2D eigenvalue weighted by Crippen LogP contribution is 2.34. The van der Waals surface area contributed by atoms with Gasteiger partial charge in [-0.25, -0.2) is 13.1 Å². The van der Waals surface area contributed by atoms with E-state index in [1.165, 1.54) is 27.2 Å². The molecule has 0 N–H and O–H groups in total. The molecule has 0 bridgehead atoms. The second-order valence-electron chi connectivity index (χ2n) is 7.47. The number of hydrogen-bond acceptors (Lipinski definition) is 7. The number of sulfonamides is 1. The molecule has 9 nitrogen and oxygen atoms in total. The van der Waals surface area contributed by atoms with Gasteiger partial charge in [-0.3, -0.25) is 9.78 Å². The van der Waals surface area contributed by atoms with Crippen molar-refractivity contribution in [1.82, 2.24) is 19.1 Å². The molecule has 1 saturated heterocycles. The maximum Gasteiger partial charge on any atom is 0.266 e. The number of aromatic nitrogens is 3. The molecule has 160 valence electrons. The summed E-state index contributed by atoms with van der Waals surface area (Å²) in [6.45, 7) is 1.83. The smallest absolute Gasteiger partial charge is 0.266 e. The molecule has 0 amide bonds. The highest BCUT2D eigenvalue weighted by molar-refractivity contribution is 7.89. The van der Waals surface area contributed by atoms with Gasteiger partial charge in [0.1, 0.15) is 13.2 Å². The van der Waals surface area contributed by atoms with Crippen molar-refractivity contribution in [2.75, 3.05) is 26.3 Å². The third kappa shape index (κ3) is 3.79. The van der Waals surface area contributed by atoms with E-state index in [-0.39, 0.29) is 16.4 Å². The minimum Gasteiger partial charge on any atom is -0.486 e. The van der Waals surface area contributed by atoms with Crippen molar-refractivity contribution in [3.05, 3.63) is 65.2 Å². The van der Waals surface area contributed by atoms with Crippen molar-refractivity contribution >= 4 is 10.0 Å². The number of benzene rings is 1. The number of ether oxygens (including phenoxy) is 2. The summed E-state index contributed by atoms with van der Waals surface area (Å²) in [5, 5.41) is 4.42. The zero-order chi connectivity index (χ0) is 21.4. The van der Waals surface area contributed by atoms with Crippen LogP contribution in [0.15, 0.2) is 64.5 Å². The Kier molecular flexibility index (Phi) is 4.95. The topological polar surface area (TPSA) is 104 Å². The lowest BCUT2D eigenvalue weighted by Crippen LogP contribution is -2.52. The Hall–Kier alpha value is -3.24. The van der Waals surface area contributed by atoms with Crippen LogP contribution in [0.1, 0.15) is 0 Å². The minimum atomic E-state index is -3.64. The molecule has 1 fully saturated rings. The number of nitrogens with zero attached hydrogens (tertiary/aromatic N) is 4. The molecule has 31 heavy (non-hydrogen) atoms. The summed E-state index contributed by atoms with van der Waals surface area (Å²) >= 11 is 0. The second-order valence-corrected chi connectivity index (χ2v) is 9.41. The van der Waals surface area contributed by atoms with E-state index in [2.05, 4.69) is 10.1 Å². The van der Waals surface area contributed by atoms with Gasteiger partial charge in [-0.2, -0.15) is 9.40 Å². The van der Waals surface area contributed by atoms with Gasteiger partial charge >= 0.3 is 0 Å². The van der Waals surface area contributed by atoms with Crippen LogP contribution in [0.5, 0.6) is 11.5 Å². The molecular weight excluding hydrogens is 420 g/mol. The summed E-state index contributed by atoms with van der Waals surface area (Å²) in [5.41, 5.74) is 1.24. The lowest BCUT2D eigenvalue weighted by atomic mass is 10.0. The van der Waals surface area contributed by atoms with Crippen molar-refractivity contribution in [3.8, 4) is 22.8 Å². The van der Waals surface area contributed by atoms with Gasteiger partial charge in [0.2, 0.25) is 10.0 Å². The van der Waals surface area contributed by atoms with Gasteiger partial charge < -0.3 is 9.47 Å². The molecule has 2 aromatic heterocycles. The Morgan fingerprint density at radius 3 is 2.61 bits per heavy atom. The molecule has 3 aromatic rings. The van der Waals surface area contributed by atoms with Crippen molar-refractivity contribution in [2.45, 2.75) is 11.4 Å². The van der Waals surface area contributed by atoms with E-state index in [0.29, 0.717) is 50.0 Å². The van der Waals surface area contributed by atoms with Crippen LogP contribution in [-0.2, 0) is 16.6 Å². The van der Waals surface area contributed by atoms with E-state index in [0.717, 1.165) is 5.56 Å². The molecule has 0 aliphatic carbocycles. The molecule has 1 aromatic carbocycles. The van der Waals surface area contributed by atoms with Crippen molar-refractivity contribution in [2.24, 2.45) is 5.92 Å². The lowest BCUT2D eigenvalue weighted by molar-refractivity contribution is 0.169. The first-order chi connectivity index (χ1) is 15.0. The third-order valence-electron chi connectivity index (χ3n) is 5.33. The summed E-state index contributed by atoms with van der Waals surface area (Å²) < 4.78 is 39.6. The summed E-state index contributed by atoms with van der Waals surface area (Å²) in [4.78, 5) is 16.5. The van der Waals surface area contributed by atoms with Crippen LogP contribution in [0.3, 0.4) is 0 Å². The first kappa shape index (κ1) is 19.7. The number of fused-ring (bicyclic) bond motifs is 1. The average Bonchev–Trinajstić information content (AvgIpc) is 2.77. The molecular formula is C21H20N4O5S. The average molecular weight is 440 g/mol. The van der Waals surface area contributed by atoms with Crippen LogP contribution >= 0.6 is 0 Å². The predicted octanol–water partition coefficient (Wildman–Crippen LogP) is 1.40. The zero-order valence-corrected chi connectivity index (χ0v) is 17.4. The molecule has 0 radical (unpaired) electrons. The molecule has 0 unspecified atom stereocenters. The van der Waals surface area contributed by atoms with Gasteiger partial charge in [0, 0.05) is 49.1 Å². The third-order valence-corrected chi connectivity index (χ3v) is 7.16. The Morgan fingerprint density at radius 1 is 1.03 bits per heavy atom. The second kappa shape index (κ2) is 7.78. The van der Waals surface area contributed by atoms with Crippen molar-refractivity contribution in [3.63, 3.8) is 0 Å². The summed E-state index contributed by atoms with van der Waals surface area (Å²) in [5.74, 6) is 0.985. The molecule has 2 aliphatic rings. The Balaban J connectivity index is 1.29. The van der Waals surface area contributed by atoms with Crippen LogP contribution in [0.2, 0.25) is 0 Å². The van der Waals surface area contributed by atoms with Gasteiger partial charge in [-0.1, -0.05) is 0 Å². The van der Waals surface area contributed by atoms with E-state index >= 15 is 0 Å². The first-order valence-electron chi connectivity index (χ1n) is 9.89. The normalized spacial score (nSPS) is 16.6. The van der Waals surface area contributed by atoms with Gasteiger partial charge in [-0.15, -0.1) is 0 Å². The number of hydrogen-bond donors (Lipinski definition) is 0. The molecule has 0 atom stereocenters. The highest BCUT2D eigenvalue weighted by atomic mass is 32.2. The fourth-order valence-electron chi connectivity index (χ4n) is 3.66. The van der Waals surface area contributed by atoms with Crippen LogP contribution in [0.4, 0.5) is 0 Å². The first-order valence-corrected chi connectivity index (χ1v) is 11.3. The highest BCUT2D eigenvalue weighted by Gasteiger charge is 2.37. The van der Waals surface area contributed by atoms with Gasteiger partial charge in [-0.05, 0) is 30.3 Å². The summed E-state index contributed by atoms with van der Waals surface area (Å²) in [6, 6.07) is 11.5. The van der Waals surface area contributed by atoms with Crippen LogP contribution in [0.25, 0.3) is 11.3 Å². The molecule has 10 heteroatoms. The van der Waals surface area contributed by atoms with Gasteiger partial charge in [0.25, 0.3) is 5.56 Å². The maximum atomic E-state index is 12.9. The molecule has 0 saturated carbocycles. The Bertz CT molecular complexity index is 1270. The molecule has 4 heterocycles. The number of pyridine rings is 1. The Labute approximate surface area is 178 Å². The van der Waals surface area contributed by atoms with E-state index in [4.69, 9.17) is 9.47 Å². The zero-order valence-electron chi connectivity index (χ0n) is 16.5. The largest absolute Gasteiger partial charge is 0.486 e. The monoisotopic (exact) mass is 440 g/mol. The predicted molar refractivity (Wildman–Crippen MR) is 111 cm³/mol. The van der Waals surface area contributed by atoms with Gasteiger partial charge in [0.15, 0.2) is 11.5 Å². The van der Waals surface area contributed by atoms with E-state index < -0.39 is 10.0 Å². The maximum absolute atomic E-state index is 12.9. The lowest BCUT2D eigenvalue weighted by Gasteiger charge is -2.38. The standard InChI is InChI=1S/C21H20N4O5S/c26-21-6-4-18(16-2-1-7-22-11-16)23-25(21)14-15-12-24(13-15)31(27,28)17-3-5-19-20(10-17)30-9-8-29-19/h1-7,10-11,15H,8-9,12-14H2. The molecule has 0 spiro atoms. The minimum absolute atomic E-state index is 0.00124. The van der Waals surface area contributed by atoms with E-state index in [1.807, 2.05) is 6.07 Å². The summed E-state index contributed by atoms with van der Waals surface area (Å²) in [6.07, 6.45) is 3.35. The van der Waals surface area contributed by atoms with Crippen molar-refractivity contribution < 1.29 is 17.9 Å². The summed E-state index contributed by atoms with van der Waals surface area (Å²) in [7, 11) is -3.64. The molecule has 5 rings (SSSR count). The number of rotatable bonds is 5. The molecule has 2 aliphatic heterocycles. The van der Waals surface area contributed by atoms with E-state index in [9.17, 15) is 13.2 Å². The van der Waals surface area contributed by atoms with E-state index in [1.54, 1.807) is 30.6 Å². The fraction of sp³-hybridized carbons (Fsp3) is 0.286. The van der Waals surface area contributed by atoms with Crippen molar-refractivity contribution in [1.29, 1.82) is 0 Å². The SMILES string of the molecule is O=c1ccc(-c2cccnc2)nn1CC1CN(S(=O)(=O)c2ccc3c(c2)OCCO3)C1. The van der Waals surface area contributed by atoms with Gasteiger partial charge in [0.05, 0.1) is 17.1 Å². The van der Waals surface area contributed by atoms with Crippen LogP contribution < -0.4 is 15.0 Å². The Morgan fingerprint density at radius 2 is 1.84 bits per heavy atom. The van der Waals surface area contributed by atoms with Crippen LogP contribution in [-0.4, -0.2) is 53.8 Å². The quantitative estimate of drug-likeness (QED) is 0.591. The fourth-order valence-corrected chi connectivity index (χ4v) is 5.27.